The van der Waals surface area contributed by atoms with E-state index in [0.29, 0.717) is 0 Å². The maximum absolute atomic E-state index is 13.3. The molecule has 5 nitrogen and oxygen atoms in total. The molecular weight excluding hydrogens is 223 g/mol. The molecule has 0 aliphatic rings. The van der Waals surface area contributed by atoms with E-state index in [1.807, 2.05) is 0 Å². The normalized spacial score (nSPS) is 10.6. The molecule has 0 saturated carbocycles. The van der Waals surface area contributed by atoms with Gasteiger partial charge in [0.1, 0.15) is 5.69 Å². The summed E-state index contributed by atoms with van der Waals surface area (Å²) in [5, 5.41) is 13.2. The Labute approximate surface area is 89.2 Å². The second-order valence-electron chi connectivity index (χ2n) is 2.84. The molecule has 0 aliphatic heterocycles. The fourth-order valence-corrected chi connectivity index (χ4v) is 1.27. The van der Waals surface area contributed by atoms with E-state index in [0.717, 1.165) is 6.20 Å². The molecule has 0 aliphatic carbocycles. The molecule has 0 saturated heterocycles. The highest BCUT2D eigenvalue weighted by Gasteiger charge is 2.15. The number of aryl methyl sites for hydroxylation is 1. The number of halogens is 2. The molecule has 0 unspecified atom stereocenters. The summed E-state index contributed by atoms with van der Waals surface area (Å²) in [6.07, 6.45) is 2.24. The minimum absolute atomic E-state index is 0.0689. The third-order valence-electron chi connectivity index (χ3n) is 1.88. The van der Waals surface area contributed by atoms with Gasteiger partial charge in [-0.1, -0.05) is 0 Å². The standard InChI is InChI=1S/C8H6ClFN4O/c1-14-7(15)4(2-12-14)6-5(10)3-11-8(9)13-6/h2-3,15H,1H3. The second-order valence-corrected chi connectivity index (χ2v) is 3.18. The Balaban J connectivity index is 2.63. The van der Waals surface area contributed by atoms with Crippen molar-refractivity contribution in [3.05, 3.63) is 23.5 Å². The van der Waals surface area contributed by atoms with Crippen molar-refractivity contribution < 1.29 is 9.50 Å². The number of aromatic hydroxyl groups is 1. The molecule has 0 fully saturated rings. The van der Waals surface area contributed by atoms with Crippen LogP contribution in [-0.4, -0.2) is 24.9 Å². The van der Waals surface area contributed by atoms with Crippen LogP contribution in [0.1, 0.15) is 0 Å². The van der Waals surface area contributed by atoms with E-state index >= 15 is 0 Å². The highest BCUT2D eigenvalue weighted by atomic mass is 35.5. The molecular formula is C8H6ClFN4O. The summed E-state index contributed by atoms with van der Waals surface area (Å²) in [6.45, 7) is 0. The van der Waals surface area contributed by atoms with Crippen LogP contribution >= 0.6 is 11.6 Å². The van der Waals surface area contributed by atoms with E-state index in [1.165, 1.54) is 17.9 Å². The lowest BCUT2D eigenvalue weighted by Crippen LogP contribution is -1.92. The van der Waals surface area contributed by atoms with Gasteiger partial charge in [0, 0.05) is 7.05 Å². The van der Waals surface area contributed by atoms with Gasteiger partial charge in [0.25, 0.3) is 0 Å². The quantitative estimate of drug-likeness (QED) is 0.749. The molecule has 0 atom stereocenters. The fraction of sp³-hybridized carbons (Fsp3) is 0.125. The first-order valence-corrected chi connectivity index (χ1v) is 4.36. The minimum Gasteiger partial charge on any atom is -0.493 e. The van der Waals surface area contributed by atoms with E-state index in [4.69, 9.17) is 11.6 Å². The van der Waals surface area contributed by atoms with Crippen molar-refractivity contribution in [2.45, 2.75) is 0 Å². The van der Waals surface area contributed by atoms with Gasteiger partial charge in [-0.05, 0) is 11.6 Å². The average Bonchev–Trinajstić information content (AvgIpc) is 2.52. The topological polar surface area (TPSA) is 63.8 Å². The van der Waals surface area contributed by atoms with Crippen LogP contribution in [0.2, 0.25) is 5.28 Å². The van der Waals surface area contributed by atoms with Crippen LogP contribution in [0.3, 0.4) is 0 Å². The molecule has 2 rings (SSSR count). The van der Waals surface area contributed by atoms with Gasteiger partial charge in [-0.2, -0.15) is 5.10 Å². The van der Waals surface area contributed by atoms with Crippen molar-refractivity contribution >= 4 is 11.6 Å². The van der Waals surface area contributed by atoms with Crippen LogP contribution in [0.25, 0.3) is 11.3 Å². The summed E-state index contributed by atoms with van der Waals surface area (Å²) >= 11 is 5.53. The highest BCUT2D eigenvalue weighted by Crippen LogP contribution is 2.28. The third kappa shape index (κ3) is 1.63. The molecule has 0 spiro atoms. The third-order valence-corrected chi connectivity index (χ3v) is 2.06. The number of rotatable bonds is 1. The van der Waals surface area contributed by atoms with Crippen LogP contribution in [0.4, 0.5) is 4.39 Å². The average molecular weight is 229 g/mol. The predicted octanol–water partition coefficient (Wildman–Crippen LogP) is 1.38. The fourth-order valence-electron chi connectivity index (χ4n) is 1.13. The van der Waals surface area contributed by atoms with E-state index in [2.05, 4.69) is 15.1 Å². The monoisotopic (exact) mass is 228 g/mol. The molecule has 78 valence electrons. The summed E-state index contributed by atoms with van der Waals surface area (Å²) in [6, 6.07) is 0. The molecule has 0 radical (unpaired) electrons. The van der Waals surface area contributed by atoms with E-state index < -0.39 is 5.82 Å². The number of aromatic nitrogens is 4. The number of hydrogen-bond acceptors (Lipinski definition) is 4. The van der Waals surface area contributed by atoms with Crippen LogP contribution in [0, 0.1) is 5.82 Å². The molecule has 15 heavy (non-hydrogen) atoms. The van der Waals surface area contributed by atoms with Crippen LogP contribution in [0.15, 0.2) is 12.4 Å². The lowest BCUT2D eigenvalue weighted by Gasteiger charge is -2.00. The second kappa shape index (κ2) is 3.47. The first-order valence-electron chi connectivity index (χ1n) is 3.99. The molecule has 0 aromatic carbocycles. The van der Waals surface area contributed by atoms with Crippen LogP contribution in [0.5, 0.6) is 5.88 Å². The van der Waals surface area contributed by atoms with Gasteiger partial charge in [-0.25, -0.2) is 19.0 Å². The van der Waals surface area contributed by atoms with Gasteiger partial charge in [0.2, 0.25) is 11.2 Å². The van der Waals surface area contributed by atoms with Gasteiger partial charge in [0.15, 0.2) is 5.82 Å². The zero-order valence-corrected chi connectivity index (χ0v) is 8.40. The zero-order chi connectivity index (χ0) is 11.0. The Morgan fingerprint density at radius 3 is 2.80 bits per heavy atom. The van der Waals surface area contributed by atoms with Gasteiger partial charge in [-0.15, -0.1) is 0 Å². The van der Waals surface area contributed by atoms with Gasteiger partial charge < -0.3 is 5.11 Å². The Morgan fingerprint density at radius 1 is 1.47 bits per heavy atom. The maximum atomic E-state index is 13.3. The smallest absolute Gasteiger partial charge is 0.223 e. The molecule has 0 amide bonds. The van der Waals surface area contributed by atoms with Crippen molar-refractivity contribution in [1.82, 2.24) is 19.7 Å². The summed E-state index contributed by atoms with van der Waals surface area (Å²) in [4.78, 5) is 7.15. The Morgan fingerprint density at radius 2 is 2.20 bits per heavy atom. The van der Waals surface area contributed by atoms with Crippen molar-refractivity contribution in [2.24, 2.45) is 7.05 Å². The molecule has 2 aromatic heterocycles. The van der Waals surface area contributed by atoms with E-state index in [1.54, 1.807) is 0 Å². The summed E-state index contributed by atoms with van der Waals surface area (Å²) in [5.41, 5.74) is 0.111. The van der Waals surface area contributed by atoms with Crippen molar-refractivity contribution in [3.8, 4) is 17.1 Å². The molecule has 7 heteroatoms. The van der Waals surface area contributed by atoms with E-state index in [9.17, 15) is 9.50 Å². The summed E-state index contributed by atoms with van der Waals surface area (Å²) in [5.74, 6) is -0.841. The SMILES string of the molecule is Cn1ncc(-c2nc(Cl)ncc2F)c1O. The van der Waals surface area contributed by atoms with E-state index in [-0.39, 0.29) is 22.4 Å². The zero-order valence-electron chi connectivity index (χ0n) is 7.65. The summed E-state index contributed by atoms with van der Waals surface area (Å²) < 4.78 is 14.5. The van der Waals surface area contributed by atoms with Crippen LogP contribution < -0.4 is 0 Å². The number of hydrogen-bond donors (Lipinski definition) is 1. The lowest BCUT2D eigenvalue weighted by molar-refractivity contribution is 0.420. The van der Waals surface area contributed by atoms with Gasteiger partial charge >= 0.3 is 0 Å². The van der Waals surface area contributed by atoms with Crippen molar-refractivity contribution in [1.29, 1.82) is 0 Å². The first-order chi connectivity index (χ1) is 7.09. The van der Waals surface area contributed by atoms with Gasteiger partial charge in [0.05, 0.1) is 18.0 Å². The molecule has 1 N–H and O–H groups in total. The van der Waals surface area contributed by atoms with Crippen molar-refractivity contribution in [2.75, 3.05) is 0 Å². The predicted molar refractivity (Wildman–Crippen MR) is 50.9 cm³/mol. The Hall–Kier alpha value is -1.69. The maximum Gasteiger partial charge on any atom is 0.223 e. The molecule has 2 aromatic rings. The highest BCUT2D eigenvalue weighted by molar-refractivity contribution is 6.28. The van der Waals surface area contributed by atoms with Gasteiger partial charge in [-0.3, -0.25) is 0 Å². The summed E-state index contributed by atoms with van der Waals surface area (Å²) in [7, 11) is 1.53. The Kier molecular flexibility index (Phi) is 2.28. The largest absolute Gasteiger partial charge is 0.493 e. The lowest BCUT2D eigenvalue weighted by atomic mass is 10.2. The molecule has 0 bridgehead atoms. The molecule has 2 heterocycles. The minimum atomic E-state index is -0.664. The number of nitrogens with zero attached hydrogens (tertiary/aromatic N) is 4. The van der Waals surface area contributed by atoms with Crippen molar-refractivity contribution in [3.63, 3.8) is 0 Å². The van der Waals surface area contributed by atoms with Crippen LogP contribution in [-0.2, 0) is 7.05 Å². The Bertz CT molecular complexity index is 513. The first kappa shape index (κ1) is 9.85.